The van der Waals surface area contributed by atoms with Crippen molar-refractivity contribution in [3.8, 4) is 23.6 Å². The molecular formula is C28H30N2O7. The van der Waals surface area contributed by atoms with Crippen molar-refractivity contribution in [1.82, 2.24) is 0 Å². The Labute approximate surface area is 216 Å². The van der Waals surface area contributed by atoms with Gasteiger partial charge in [-0.3, -0.25) is 0 Å². The van der Waals surface area contributed by atoms with E-state index in [9.17, 15) is 15.6 Å². The number of rotatable bonds is 8. The number of ether oxygens (including phenoxy) is 6. The van der Waals surface area contributed by atoms with Gasteiger partial charge in [-0.05, 0) is 29.8 Å². The molecule has 0 aromatic heterocycles. The summed E-state index contributed by atoms with van der Waals surface area (Å²) in [6.45, 7) is 0. The zero-order valence-electron chi connectivity index (χ0n) is 21.6. The van der Waals surface area contributed by atoms with Gasteiger partial charge in [-0.2, -0.15) is 10.5 Å². The van der Waals surface area contributed by atoms with Crippen molar-refractivity contribution in [2.24, 2.45) is 11.8 Å². The maximum Gasteiger partial charge on any atom is 0.233 e. The van der Waals surface area contributed by atoms with E-state index in [2.05, 4.69) is 12.1 Å². The summed E-state index contributed by atoms with van der Waals surface area (Å²) in [6, 6.07) is 15.1. The molecule has 9 heteroatoms. The number of methoxy groups -OCH3 is 6. The highest BCUT2D eigenvalue weighted by Crippen LogP contribution is 2.61. The number of hydrogen-bond donors (Lipinski definition) is 1. The van der Waals surface area contributed by atoms with Crippen LogP contribution in [-0.4, -0.2) is 47.8 Å². The molecule has 0 heterocycles. The highest BCUT2D eigenvalue weighted by atomic mass is 16.7. The molecule has 0 aliphatic heterocycles. The Balaban J connectivity index is 2.02. The first-order valence-electron chi connectivity index (χ1n) is 11.6. The molecule has 1 N–H and O–H groups in total. The summed E-state index contributed by atoms with van der Waals surface area (Å²) in [4.78, 5) is 0. The van der Waals surface area contributed by atoms with Crippen molar-refractivity contribution >= 4 is 0 Å². The SMILES string of the molecule is COc1cccc2c1C(O)(/C=C/[C@]1(OC)c3c(OC)cccc3[C@H](OC)[C@@H](C#N)[C@@H]1C#N)C2(OC)OC. The topological polar surface area (TPSA) is 123 Å². The van der Waals surface area contributed by atoms with Crippen molar-refractivity contribution < 1.29 is 33.5 Å². The molecule has 0 spiro atoms. The molecule has 5 atom stereocenters. The van der Waals surface area contributed by atoms with Gasteiger partial charge in [0.2, 0.25) is 5.79 Å². The zero-order chi connectivity index (χ0) is 27.0. The van der Waals surface area contributed by atoms with Crippen molar-refractivity contribution in [2.75, 3.05) is 42.7 Å². The molecule has 4 rings (SSSR count). The predicted octanol–water partition coefficient (Wildman–Crippen LogP) is 3.43. The summed E-state index contributed by atoms with van der Waals surface area (Å²) in [5, 5.41) is 32.6. The number of fused-ring (bicyclic) bond motifs is 2. The second-order valence-electron chi connectivity index (χ2n) is 8.85. The van der Waals surface area contributed by atoms with E-state index >= 15 is 0 Å². The van der Waals surface area contributed by atoms with Crippen LogP contribution in [-0.2, 0) is 35.9 Å². The lowest BCUT2D eigenvalue weighted by atomic mass is 9.62. The van der Waals surface area contributed by atoms with Crippen LogP contribution in [0, 0.1) is 34.5 Å². The van der Waals surface area contributed by atoms with E-state index in [-0.39, 0.29) is 0 Å². The fourth-order valence-electron chi connectivity index (χ4n) is 5.97. The first-order chi connectivity index (χ1) is 17.8. The minimum absolute atomic E-state index is 0.439. The Morgan fingerprint density at radius 2 is 1.43 bits per heavy atom. The number of aliphatic hydroxyl groups is 1. The number of benzene rings is 2. The Bertz CT molecular complexity index is 1290. The van der Waals surface area contributed by atoms with Gasteiger partial charge in [0.25, 0.3) is 0 Å². The van der Waals surface area contributed by atoms with E-state index in [0.717, 1.165) is 0 Å². The quantitative estimate of drug-likeness (QED) is 0.424. The van der Waals surface area contributed by atoms with Gasteiger partial charge >= 0.3 is 0 Å². The molecular weight excluding hydrogens is 476 g/mol. The first-order valence-corrected chi connectivity index (χ1v) is 11.6. The molecule has 2 aliphatic carbocycles. The smallest absolute Gasteiger partial charge is 0.233 e. The lowest BCUT2D eigenvalue weighted by Gasteiger charge is -2.54. The highest BCUT2D eigenvalue weighted by Gasteiger charge is 2.66. The van der Waals surface area contributed by atoms with E-state index in [0.29, 0.717) is 33.8 Å². The van der Waals surface area contributed by atoms with Gasteiger partial charge in [-0.15, -0.1) is 0 Å². The van der Waals surface area contributed by atoms with Crippen LogP contribution in [0.3, 0.4) is 0 Å². The average molecular weight is 507 g/mol. The Kier molecular flexibility index (Phi) is 7.04. The maximum atomic E-state index is 12.1. The molecule has 0 saturated heterocycles. The van der Waals surface area contributed by atoms with E-state index in [1.165, 1.54) is 48.7 Å². The van der Waals surface area contributed by atoms with Gasteiger partial charge in [-0.25, -0.2) is 0 Å². The monoisotopic (exact) mass is 506 g/mol. The molecule has 0 bridgehead atoms. The van der Waals surface area contributed by atoms with Crippen LogP contribution < -0.4 is 9.47 Å². The third kappa shape index (κ3) is 3.33. The van der Waals surface area contributed by atoms with Gasteiger partial charge in [0.1, 0.15) is 23.0 Å². The number of hydrogen-bond acceptors (Lipinski definition) is 9. The summed E-state index contributed by atoms with van der Waals surface area (Å²) in [7, 11) is 8.83. The molecule has 2 aromatic rings. The highest BCUT2D eigenvalue weighted by molar-refractivity contribution is 5.60. The lowest BCUT2D eigenvalue weighted by Crippen LogP contribution is -2.60. The van der Waals surface area contributed by atoms with Crippen LogP contribution in [0.1, 0.15) is 28.4 Å². The van der Waals surface area contributed by atoms with Crippen molar-refractivity contribution in [2.45, 2.75) is 23.1 Å². The van der Waals surface area contributed by atoms with Crippen LogP contribution >= 0.6 is 0 Å². The molecule has 0 fully saturated rings. The summed E-state index contributed by atoms with van der Waals surface area (Å²) in [5.74, 6) is -2.56. The van der Waals surface area contributed by atoms with Crippen molar-refractivity contribution in [3.63, 3.8) is 0 Å². The largest absolute Gasteiger partial charge is 0.496 e. The number of nitriles is 2. The molecule has 9 nitrogen and oxygen atoms in total. The van der Waals surface area contributed by atoms with E-state index in [1.807, 2.05) is 6.07 Å². The number of nitrogens with zero attached hydrogens (tertiary/aromatic N) is 2. The maximum absolute atomic E-state index is 12.1. The standard InChI is InChI=1S/C28H30N2O7/c1-32-21-11-7-9-17-23(21)26(35-4,20(16-30)18(15-29)25(17)34-3)13-14-27(31)24-19(28(27,36-5)37-6)10-8-12-22(24)33-2/h7-14,18,20,25,31H,1-6H3/b14-13+/t18-,20-,25-,26+,27?/m0/s1. The first kappa shape index (κ1) is 26.6. The molecule has 2 aromatic carbocycles. The molecule has 0 saturated carbocycles. The van der Waals surface area contributed by atoms with Gasteiger partial charge in [0.15, 0.2) is 5.60 Å². The minimum atomic E-state index is -1.83. The van der Waals surface area contributed by atoms with Gasteiger partial charge in [0, 0.05) is 45.1 Å². The molecule has 2 aliphatic rings. The van der Waals surface area contributed by atoms with Gasteiger partial charge in [-0.1, -0.05) is 24.3 Å². The predicted molar refractivity (Wildman–Crippen MR) is 131 cm³/mol. The summed E-state index contributed by atoms with van der Waals surface area (Å²) >= 11 is 0. The Morgan fingerprint density at radius 1 is 0.811 bits per heavy atom. The van der Waals surface area contributed by atoms with E-state index < -0.39 is 34.9 Å². The Hall–Kier alpha value is -3.44. The fourth-order valence-corrected chi connectivity index (χ4v) is 5.97. The normalized spacial score (nSPS) is 29.4. The molecule has 37 heavy (non-hydrogen) atoms. The lowest BCUT2D eigenvalue weighted by molar-refractivity contribution is -0.325. The van der Waals surface area contributed by atoms with Crippen molar-refractivity contribution in [3.05, 3.63) is 70.8 Å². The van der Waals surface area contributed by atoms with Crippen molar-refractivity contribution in [1.29, 1.82) is 10.5 Å². The third-order valence-corrected chi connectivity index (χ3v) is 7.63. The van der Waals surface area contributed by atoms with Gasteiger partial charge in [0.05, 0.1) is 38.4 Å². The molecule has 0 amide bonds. The van der Waals surface area contributed by atoms with E-state index in [1.54, 1.807) is 36.4 Å². The summed E-state index contributed by atoms with van der Waals surface area (Å²) in [6.07, 6.45) is 2.37. The van der Waals surface area contributed by atoms with Gasteiger partial charge < -0.3 is 33.5 Å². The van der Waals surface area contributed by atoms with Crippen LogP contribution in [0.4, 0.5) is 0 Å². The molecule has 194 valence electrons. The third-order valence-electron chi connectivity index (χ3n) is 7.63. The average Bonchev–Trinajstić information content (AvgIpc) is 2.94. The molecule has 0 radical (unpaired) electrons. The van der Waals surface area contributed by atoms with Crippen LogP contribution in [0.25, 0.3) is 0 Å². The molecule has 1 unspecified atom stereocenters. The Morgan fingerprint density at radius 3 is 1.95 bits per heavy atom. The summed E-state index contributed by atoms with van der Waals surface area (Å²) in [5.41, 5.74) is -1.08. The zero-order valence-corrected chi connectivity index (χ0v) is 21.6. The minimum Gasteiger partial charge on any atom is -0.496 e. The van der Waals surface area contributed by atoms with Crippen LogP contribution in [0.15, 0.2) is 48.6 Å². The van der Waals surface area contributed by atoms with Crippen LogP contribution in [0.2, 0.25) is 0 Å². The fraction of sp³-hybridized carbons (Fsp3) is 0.429. The second kappa shape index (κ2) is 9.79. The second-order valence-corrected chi connectivity index (χ2v) is 8.85. The van der Waals surface area contributed by atoms with E-state index in [4.69, 9.17) is 28.4 Å². The van der Waals surface area contributed by atoms with Crippen LogP contribution in [0.5, 0.6) is 11.5 Å². The summed E-state index contributed by atoms with van der Waals surface area (Å²) < 4.78 is 34.5.